The summed E-state index contributed by atoms with van der Waals surface area (Å²) in [6.07, 6.45) is 3.09. The van der Waals surface area contributed by atoms with Gasteiger partial charge in [0.25, 0.3) is 0 Å². The largest absolute Gasteiger partial charge is 0.315 e. The second-order valence-electron chi connectivity index (χ2n) is 4.03. The Morgan fingerprint density at radius 1 is 1.29 bits per heavy atom. The minimum absolute atomic E-state index is 0. The van der Waals surface area contributed by atoms with Crippen molar-refractivity contribution in [1.82, 2.24) is 10.0 Å². The van der Waals surface area contributed by atoms with Gasteiger partial charge in [-0.15, -0.1) is 12.4 Å². The molecule has 1 saturated carbocycles. The van der Waals surface area contributed by atoms with Gasteiger partial charge < -0.3 is 5.32 Å². The van der Waals surface area contributed by atoms with Crippen LogP contribution in [0.4, 0.5) is 0 Å². The predicted octanol–water partition coefficient (Wildman–Crippen LogP) is 0.0995. The molecule has 0 spiro atoms. The van der Waals surface area contributed by atoms with Crippen LogP contribution in [0.25, 0.3) is 0 Å². The van der Waals surface area contributed by atoms with Gasteiger partial charge in [-0.3, -0.25) is 0 Å². The van der Waals surface area contributed by atoms with E-state index in [9.17, 15) is 8.42 Å². The number of hydrogen-bond donors (Lipinski definition) is 2. The maximum atomic E-state index is 11.5. The Balaban J connectivity index is 0.000000980. The smallest absolute Gasteiger partial charge is 0.212 e. The van der Waals surface area contributed by atoms with E-state index in [-0.39, 0.29) is 18.4 Å². The van der Waals surface area contributed by atoms with Crippen LogP contribution < -0.4 is 10.0 Å². The molecule has 1 unspecified atom stereocenters. The Labute approximate surface area is 91.3 Å². The Kier molecular flexibility index (Phi) is 4.18. The van der Waals surface area contributed by atoms with E-state index < -0.39 is 10.0 Å². The van der Waals surface area contributed by atoms with Crippen molar-refractivity contribution in [1.29, 1.82) is 0 Å². The van der Waals surface area contributed by atoms with Crippen LogP contribution in [0.15, 0.2) is 0 Å². The van der Waals surface area contributed by atoms with Gasteiger partial charge in [0.15, 0.2) is 0 Å². The lowest BCUT2D eigenvalue weighted by atomic mass is 10.3. The molecule has 6 heteroatoms. The van der Waals surface area contributed by atoms with Crippen LogP contribution >= 0.6 is 12.4 Å². The average molecular weight is 241 g/mol. The number of halogens is 1. The molecule has 1 heterocycles. The van der Waals surface area contributed by atoms with Gasteiger partial charge in [0.2, 0.25) is 10.0 Å². The Morgan fingerprint density at radius 2 is 2.00 bits per heavy atom. The van der Waals surface area contributed by atoms with Crippen molar-refractivity contribution >= 4 is 22.4 Å². The van der Waals surface area contributed by atoms with Gasteiger partial charge in [0.1, 0.15) is 0 Å². The standard InChI is InChI=1S/C8H16N2O2S.ClH/c11-13(12,6-7-1-2-7)10-8-3-4-9-5-8;/h7-10H,1-6H2;1H. The van der Waals surface area contributed by atoms with Crippen molar-refractivity contribution in [3.63, 3.8) is 0 Å². The first kappa shape index (κ1) is 12.2. The molecule has 1 aliphatic heterocycles. The highest BCUT2D eigenvalue weighted by Crippen LogP contribution is 2.30. The molecular weight excluding hydrogens is 224 g/mol. The van der Waals surface area contributed by atoms with Crippen LogP contribution in [-0.2, 0) is 10.0 Å². The quantitative estimate of drug-likeness (QED) is 0.733. The van der Waals surface area contributed by atoms with Crippen molar-refractivity contribution < 1.29 is 8.42 Å². The molecule has 0 aromatic heterocycles. The van der Waals surface area contributed by atoms with E-state index in [1.54, 1.807) is 0 Å². The van der Waals surface area contributed by atoms with Crippen molar-refractivity contribution in [2.45, 2.75) is 25.3 Å². The third-order valence-electron chi connectivity index (χ3n) is 2.56. The van der Waals surface area contributed by atoms with E-state index in [0.717, 1.165) is 32.4 Å². The summed E-state index contributed by atoms with van der Waals surface area (Å²) in [5.41, 5.74) is 0. The number of rotatable bonds is 4. The SMILES string of the molecule is Cl.O=S(=O)(CC1CC1)NC1CCNC1. The van der Waals surface area contributed by atoms with Gasteiger partial charge in [-0.25, -0.2) is 13.1 Å². The van der Waals surface area contributed by atoms with Crippen LogP contribution in [0.3, 0.4) is 0 Å². The summed E-state index contributed by atoms with van der Waals surface area (Å²) in [7, 11) is -2.99. The van der Waals surface area contributed by atoms with Gasteiger partial charge in [-0.05, 0) is 31.7 Å². The zero-order valence-electron chi connectivity index (χ0n) is 8.03. The fourth-order valence-electron chi connectivity index (χ4n) is 1.65. The van der Waals surface area contributed by atoms with Crippen molar-refractivity contribution in [3.8, 4) is 0 Å². The zero-order chi connectivity index (χ0) is 9.31. The summed E-state index contributed by atoms with van der Waals surface area (Å²) >= 11 is 0. The van der Waals surface area contributed by atoms with Gasteiger partial charge in [0, 0.05) is 12.6 Å². The highest BCUT2D eigenvalue weighted by Gasteiger charge is 2.29. The second-order valence-corrected chi connectivity index (χ2v) is 5.83. The minimum Gasteiger partial charge on any atom is -0.315 e. The predicted molar refractivity (Wildman–Crippen MR) is 58.2 cm³/mol. The molecule has 84 valence electrons. The van der Waals surface area contributed by atoms with E-state index in [1.807, 2.05) is 0 Å². The minimum atomic E-state index is -2.99. The van der Waals surface area contributed by atoms with Crippen LogP contribution in [0.1, 0.15) is 19.3 Å². The average Bonchev–Trinajstić information content (AvgIpc) is 2.64. The summed E-state index contributed by atoms with van der Waals surface area (Å²) in [5.74, 6) is 0.774. The molecule has 4 nitrogen and oxygen atoms in total. The van der Waals surface area contributed by atoms with Crippen LogP contribution in [0, 0.1) is 5.92 Å². The molecule has 2 fully saturated rings. The molecule has 0 amide bonds. The lowest BCUT2D eigenvalue weighted by Crippen LogP contribution is -2.38. The third-order valence-corrected chi connectivity index (χ3v) is 4.16. The molecule has 2 rings (SSSR count). The molecule has 2 aliphatic rings. The maximum absolute atomic E-state index is 11.5. The van der Waals surface area contributed by atoms with Gasteiger partial charge in [0.05, 0.1) is 5.75 Å². The molecule has 0 aromatic rings. The van der Waals surface area contributed by atoms with Gasteiger partial charge in [-0.2, -0.15) is 0 Å². The highest BCUT2D eigenvalue weighted by atomic mass is 35.5. The molecule has 0 aromatic carbocycles. The van der Waals surface area contributed by atoms with E-state index in [4.69, 9.17) is 0 Å². The fraction of sp³-hybridized carbons (Fsp3) is 1.00. The first-order chi connectivity index (χ1) is 6.16. The molecule has 0 radical (unpaired) electrons. The Hall–Kier alpha value is 0.160. The molecular formula is C8H17ClN2O2S. The number of sulfonamides is 1. The van der Waals surface area contributed by atoms with E-state index in [0.29, 0.717) is 11.7 Å². The van der Waals surface area contributed by atoms with E-state index in [1.165, 1.54) is 0 Å². The third kappa shape index (κ3) is 3.73. The first-order valence-electron chi connectivity index (χ1n) is 4.86. The van der Waals surface area contributed by atoms with Gasteiger partial charge >= 0.3 is 0 Å². The number of hydrogen-bond acceptors (Lipinski definition) is 3. The molecule has 0 bridgehead atoms. The van der Waals surface area contributed by atoms with E-state index in [2.05, 4.69) is 10.0 Å². The molecule has 14 heavy (non-hydrogen) atoms. The Morgan fingerprint density at radius 3 is 2.50 bits per heavy atom. The summed E-state index contributed by atoms with van der Waals surface area (Å²) in [4.78, 5) is 0. The summed E-state index contributed by atoms with van der Waals surface area (Å²) in [6, 6.07) is 0.128. The van der Waals surface area contributed by atoms with Crippen LogP contribution in [-0.4, -0.2) is 33.3 Å². The van der Waals surface area contributed by atoms with Gasteiger partial charge in [-0.1, -0.05) is 0 Å². The lowest BCUT2D eigenvalue weighted by molar-refractivity contribution is 0.556. The van der Waals surface area contributed by atoms with Crippen molar-refractivity contribution in [3.05, 3.63) is 0 Å². The van der Waals surface area contributed by atoms with Crippen LogP contribution in [0.2, 0.25) is 0 Å². The highest BCUT2D eigenvalue weighted by molar-refractivity contribution is 7.89. The lowest BCUT2D eigenvalue weighted by Gasteiger charge is -2.11. The van der Waals surface area contributed by atoms with Crippen LogP contribution in [0.5, 0.6) is 0 Å². The molecule has 1 saturated heterocycles. The van der Waals surface area contributed by atoms with Crippen molar-refractivity contribution in [2.75, 3.05) is 18.8 Å². The molecule has 1 aliphatic carbocycles. The topological polar surface area (TPSA) is 58.2 Å². The van der Waals surface area contributed by atoms with E-state index >= 15 is 0 Å². The second kappa shape index (κ2) is 4.79. The fourth-order valence-corrected chi connectivity index (χ4v) is 3.41. The summed E-state index contributed by atoms with van der Waals surface area (Å²) in [5, 5.41) is 3.14. The first-order valence-corrected chi connectivity index (χ1v) is 6.52. The Bertz CT molecular complexity index is 271. The maximum Gasteiger partial charge on any atom is 0.212 e. The molecule has 2 N–H and O–H groups in total. The summed E-state index contributed by atoms with van der Waals surface area (Å²) in [6.45, 7) is 1.71. The normalized spacial score (nSPS) is 27.3. The molecule has 1 atom stereocenters. The summed E-state index contributed by atoms with van der Waals surface area (Å²) < 4.78 is 25.7. The zero-order valence-corrected chi connectivity index (χ0v) is 9.66. The monoisotopic (exact) mass is 240 g/mol. The number of nitrogens with one attached hydrogen (secondary N) is 2. The van der Waals surface area contributed by atoms with Crippen molar-refractivity contribution in [2.24, 2.45) is 5.92 Å².